The number of carbonyl (C=O) groups is 1. The van der Waals surface area contributed by atoms with Gasteiger partial charge < -0.3 is 129 Å². The molecule has 27 nitrogen and oxygen atoms in total. The van der Waals surface area contributed by atoms with Gasteiger partial charge in [0.15, 0.2) is 31.3 Å². The number of allylic oxidation sites excluding steroid dienone is 2. The van der Waals surface area contributed by atoms with Crippen LogP contribution in [0.25, 0.3) is 0 Å². The van der Waals surface area contributed by atoms with Gasteiger partial charge in [-0.05, 0) is 112 Å². The zero-order valence-electron chi connectivity index (χ0n) is 50.3. The molecule has 0 radical (unpaired) electrons. The van der Waals surface area contributed by atoms with E-state index in [4.69, 9.17) is 47.4 Å². The van der Waals surface area contributed by atoms with E-state index in [1.165, 1.54) is 20.8 Å². The van der Waals surface area contributed by atoms with Crippen LogP contribution in [0.2, 0.25) is 0 Å². The number of hydrogen-bond acceptors (Lipinski definition) is 27. The lowest BCUT2D eigenvalue weighted by atomic mass is 9.33. The highest BCUT2D eigenvalue weighted by atomic mass is 16.8. The van der Waals surface area contributed by atoms with Crippen molar-refractivity contribution in [3.8, 4) is 0 Å². The van der Waals surface area contributed by atoms with E-state index in [0.717, 1.165) is 5.57 Å². The van der Waals surface area contributed by atoms with Crippen molar-refractivity contribution < 1.29 is 134 Å². The fraction of sp³-hybridized carbons (Fsp3) is 0.949. The predicted molar refractivity (Wildman–Crippen MR) is 289 cm³/mol. The van der Waals surface area contributed by atoms with Gasteiger partial charge >= 0.3 is 5.97 Å². The molecule has 0 aromatic rings. The smallest absolute Gasteiger partial charge is 0.317 e. The SMILES string of the molecule is C[C@@H]1O[C@@H](O[C@@H]2[C@@H](O)[C@H](O[C@@H]3[C@@H](O)[C@@H](O)[C@H](O[C@H]4[C@H](OC(=O)[C@]56CCC(C)(C)C[C@H]5C5=CC[C@@H]7[C@@]8(C)C[C@H](O)[C@H](O[C@@H]9O[C@H](CO)[C@@H](O)[C@H](O)[C@H]9O)[C@@](C)(CO)[C@@H]8CC[C@@]7(C)[C@]5(C)C[C@@H]6O)O[C@H](C)[C@H](O)[C@@H]4O)O[C@H]3C)OC[C@H]2O)[C@H](O)[C@H](O)[C@H]1O. The number of aliphatic hydroxyl groups is 16. The van der Waals surface area contributed by atoms with Crippen molar-refractivity contribution >= 4 is 5.97 Å². The first-order valence-corrected chi connectivity index (χ1v) is 30.7. The van der Waals surface area contributed by atoms with Crippen LogP contribution in [0.5, 0.6) is 0 Å². The fourth-order valence-corrected chi connectivity index (χ4v) is 17.8. The van der Waals surface area contributed by atoms with Crippen molar-refractivity contribution in [2.45, 2.75) is 279 Å². The Kier molecular flexibility index (Phi) is 18.9. The van der Waals surface area contributed by atoms with Crippen LogP contribution in [0.4, 0.5) is 0 Å². The Balaban J connectivity index is 0.865. The minimum Gasteiger partial charge on any atom is -0.432 e. The summed E-state index contributed by atoms with van der Waals surface area (Å²) in [5, 5.41) is 178. The molecule has 35 atom stereocenters. The summed E-state index contributed by atoms with van der Waals surface area (Å²) in [5.41, 5.74) is -4.01. The van der Waals surface area contributed by atoms with E-state index in [1.54, 1.807) is 0 Å². The molecule has 0 bridgehead atoms. The minimum absolute atomic E-state index is 0.120. The molecule has 494 valence electrons. The highest BCUT2D eigenvalue weighted by Crippen LogP contribution is 2.76. The van der Waals surface area contributed by atoms with Crippen LogP contribution >= 0.6 is 0 Å². The molecule has 5 aliphatic carbocycles. The molecule has 27 heteroatoms. The summed E-state index contributed by atoms with van der Waals surface area (Å²) in [6.45, 7) is 15.2. The first-order chi connectivity index (χ1) is 40.2. The molecule has 5 aliphatic heterocycles. The van der Waals surface area contributed by atoms with Gasteiger partial charge in [0.25, 0.3) is 0 Å². The maximum absolute atomic E-state index is 15.6. The minimum atomic E-state index is -1.99. The van der Waals surface area contributed by atoms with Gasteiger partial charge in [-0.25, -0.2) is 0 Å². The largest absolute Gasteiger partial charge is 0.432 e. The monoisotopic (exact) mass is 1240 g/mol. The molecule has 4 saturated carbocycles. The summed E-state index contributed by atoms with van der Waals surface area (Å²) < 4.78 is 59.4. The molecule has 0 amide bonds. The van der Waals surface area contributed by atoms with E-state index in [2.05, 4.69) is 40.7 Å². The molecule has 0 unspecified atom stereocenters. The van der Waals surface area contributed by atoms with Crippen LogP contribution in [0.1, 0.15) is 114 Å². The molecule has 0 aromatic heterocycles. The van der Waals surface area contributed by atoms with Crippen molar-refractivity contribution in [1.29, 1.82) is 0 Å². The Hall–Kier alpha value is -1.79. The molecule has 5 saturated heterocycles. The summed E-state index contributed by atoms with van der Waals surface area (Å²) in [7, 11) is 0. The number of hydrogen-bond donors (Lipinski definition) is 16. The average Bonchev–Trinajstić information content (AvgIpc) is 0.673. The summed E-state index contributed by atoms with van der Waals surface area (Å²) in [5.74, 6) is -1.85. The number of carbonyl (C=O) groups excluding carboxylic acids is 1. The summed E-state index contributed by atoms with van der Waals surface area (Å²) in [4.78, 5) is 15.6. The zero-order chi connectivity index (χ0) is 63.0. The summed E-state index contributed by atoms with van der Waals surface area (Å²) in [6, 6.07) is 0. The average molecular weight is 1240 g/mol. The quantitative estimate of drug-likeness (QED) is 0.0510. The topological polar surface area (TPSA) is 433 Å². The lowest BCUT2D eigenvalue weighted by Crippen LogP contribution is -2.70. The van der Waals surface area contributed by atoms with Crippen molar-refractivity contribution in [3.63, 3.8) is 0 Å². The molecule has 10 aliphatic rings. The maximum Gasteiger partial charge on any atom is 0.317 e. The van der Waals surface area contributed by atoms with Crippen molar-refractivity contribution in [2.75, 3.05) is 19.8 Å². The van der Waals surface area contributed by atoms with E-state index in [0.29, 0.717) is 32.1 Å². The van der Waals surface area contributed by atoms with E-state index < -0.39 is 225 Å². The van der Waals surface area contributed by atoms with Crippen LogP contribution < -0.4 is 0 Å². The van der Waals surface area contributed by atoms with Crippen molar-refractivity contribution in [1.82, 2.24) is 0 Å². The van der Waals surface area contributed by atoms with E-state index >= 15 is 4.79 Å². The second-order valence-electron chi connectivity index (χ2n) is 28.7. The van der Waals surface area contributed by atoms with Crippen LogP contribution in [0, 0.1) is 50.2 Å². The van der Waals surface area contributed by atoms with Gasteiger partial charge in [0, 0.05) is 5.41 Å². The van der Waals surface area contributed by atoms with Gasteiger partial charge in [-0.3, -0.25) is 4.79 Å². The van der Waals surface area contributed by atoms with Gasteiger partial charge in [-0.1, -0.05) is 53.2 Å². The summed E-state index contributed by atoms with van der Waals surface area (Å²) in [6.07, 6.45) is -36.8. The number of ether oxygens (including phenoxy) is 10. The van der Waals surface area contributed by atoms with E-state index in [-0.39, 0.29) is 36.5 Å². The Morgan fingerprint density at radius 1 is 0.547 bits per heavy atom. The van der Waals surface area contributed by atoms with E-state index in [1.807, 2.05) is 6.92 Å². The maximum atomic E-state index is 15.6. The van der Waals surface area contributed by atoms with Crippen LogP contribution in [0.15, 0.2) is 11.6 Å². The Labute approximate surface area is 499 Å². The van der Waals surface area contributed by atoms with Crippen LogP contribution in [-0.2, 0) is 52.2 Å². The highest BCUT2D eigenvalue weighted by Gasteiger charge is 2.73. The first-order valence-electron chi connectivity index (χ1n) is 30.7. The molecule has 86 heavy (non-hydrogen) atoms. The Morgan fingerprint density at radius 2 is 1.10 bits per heavy atom. The van der Waals surface area contributed by atoms with Gasteiger partial charge in [0.1, 0.15) is 97.0 Å². The molecule has 5 heterocycles. The standard InChI is InChI=1S/C59H96O27/c1-22-33(65)36(68)40(72)49(78-22)83-45-28(63)20-77-48(43(45)75)82-44-24(3)80-50(42(74)39(44)71)84-46-38(70)34(66)23(2)79-52(46)86-53(76)59-15-14-54(4,5)16-26(59)25-10-11-31-55(6)17-27(62)47(85-51-41(73)37(69)35(67)29(19-60)81-51)56(7,21-61)30(55)12-13-57(31,8)58(25,9)18-32(59)64/h10,22-24,26-52,60-75H,11-21H2,1-9H3/t22-,23+,24-,26-,27-,28+,29+,30+,31+,32-,33-,34-,35+,36+,37-,38-,39-,40+,41+,42+,43+,44-,45-,46+,47-,48-,49-,50-,51-,52-,55-,56-,57+,58+,59+/m0/s1. The van der Waals surface area contributed by atoms with Gasteiger partial charge in [-0.2, -0.15) is 0 Å². The third-order valence-electron chi connectivity index (χ3n) is 23.1. The molecule has 10 rings (SSSR count). The van der Waals surface area contributed by atoms with Gasteiger partial charge in [0.05, 0.1) is 56.4 Å². The highest BCUT2D eigenvalue weighted by molar-refractivity contribution is 5.80. The zero-order valence-corrected chi connectivity index (χ0v) is 50.3. The van der Waals surface area contributed by atoms with Crippen molar-refractivity contribution in [3.05, 3.63) is 11.6 Å². The second kappa shape index (κ2) is 24.3. The Morgan fingerprint density at radius 3 is 1.74 bits per heavy atom. The summed E-state index contributed by atoms with van der Waals surface area (Å²) >= 11 is 0. The second-order valence-corrected chi connectivity index (χ2v) is 28.7. The lowest BCUT2D eigenvalue weighted by Gasteiger charge is -2.72. The molecular weight excluding hydrogens is 1140 g/mol. The van der Waals surface area contributed by atoms with Crippen LogP contribution in [0.3, 0.4) is 0 Å². The number of esters is 1. The number of fused-ring (bicyclic) bond motifs is 7. The first kappa shape index (κ1) is 67.1. The molecule has 9 fully saturated rings. The lowest BCUT2D eigenvalue weighted by molar-refractivity contribution is -0.380. The Bertz CT molecular complexity index is 2420. The number of aliphatic hydroxyl groups excluding tert-OH is 16. The van der Waals surface area contributed by atoms with E-state index in [9.17, 15) is 81.7 Å². The van der Waals surface area contributed by atoms with Gasteiger partial charge in [-0.15, -0.1) is 0 Å². The van der Waals surface area contributed by atoms with Crippen molar-refractivity contribution in [2.24, 2.45) is 50.2 Å². The van der Waals surface area contributed by atoms with Gasteiger partial charge in [0.2, 0.25) is 6.29 Å². The number of rotatable bonds is 12. The fourth-order valence-electron chi connectivity index (χ4n) is 17.8. The molecule has 0 aromatic carbocycles. The third-order valence-corrected chi connectivity index (χ3v) is 23.1. The molecule has 16 N–H and O–H groups in total. The normalized spacial score (nSPS) is 56.5. The molecule has 0 spiro atoms. The predicted octanol–water partition coefficient (Wildman–Crippen LogP) is -3.58. The van der Waals surface area contributed by atoms with Crippen LogP contribution in [-0.4, -0.2) is 273 Å². The molecular formula is C59H96O27. The third kappa shape index (κ3) is 10.8.